The second-order valence-corrected chi connectivity index (χ2v) is 7.79. The van der Waals surface area contributed by atoms with Crippen LogP contribution < -0.4 is 4.72 Å². The molecule has 27 heavy (non-hydrogen) atoms. The predicted octanol–water partition coefficient (Wildman–Crippen LogP) is 2.74. The first kappa shape index (κ1) is 21.7. The fourth-order valence-corrected chi connectivity index (χ4v) is 4.06. The Morgan fingerprint density at radius 3 is 2.33 bits per heavy atom. The number of morpholine rings is 1. The van der Waals surface area contributed by atoms with E-state index < -0.39 is 27.7 Å². The molecule has 148 valence electrons. The van der Waals surface area contributed by atoms with Gasteiger partial charge < -0.3 is 4.74 Å². The van der Waals surface area contributed by atoms with Crippen LogP contribution in [0.15, 0.2) is 53.4 Å². The first-order valence-electron chi connectivity index (χ1n) is 8.28. The maximum absolute atomic E-state index is 13.5. The molecular formula is C18H21ClF2N2O3S. The molecule has 1 N–H and O–H groups in total. The Labute approximate surface area is 163 Å². The van der Waals surface area contributed by atoms with Gasteiger partial charge in [0.15, 0.2) is 11.6 Å². The van der Waals surface area contributed by atoms with E-state index in [0.29, 0.717) is 38.9 Å². The molecule has 1 saturated heterocycles. The Kier molecular flexibility index (Phi) is 7.69. The van der Waals surface area contributed by atoms with Crippen molar-refractivity contribution >= 4 is 22.4 Å². The third-order valence-electron chi connectivity index (χ3n) is 4.25. The lowest BCUT2D eigenvalue weighted by molar-refractivity contribution is 0.0345. The third-order valence-corrected chi connectivity index (χ3v) is 5.71. The van der Waals surface area contributed by atoms with Crippen LogP contribution in [0.25, 0.3) is 0 Å². The van der Waals surface area contributed by atoms with Crippen molar-refractivity contribution in [2.24, 2.45) is 0 Å². The van der Waals surface area contributed by atoms with E-state index in [4.69, 9.17) is 4.74 Å². The van der Waals surface area contributed by atoms with Crippen LogP contribution in [0.5, 0.6) is 0 Å². The Morgan fingerprint density at radius 2 is 1.70 bits per heavy atom. The van der Waals surface area contributed by atoms with Gasteiger partial charge in [-0.25, -0.2) is 21.9 Å². The summed E-state index contributed by atoms with van der Waals surface area (Å²) < 4.78 is 59.9. The maximum atomic E-state index is 13.5. The summed E-state index contributed by atoms with van der Waals surface area (Å²) in [5, 5.41) is 0. The second kappa shape index (κ2) is 9.57. The summed E-state index contributed by atoms with van der Waals surface area (Å²) in [5.41, 5.74) is 0.796. The summed E-state index contributed by atoms with van der Waals surface area (Å²) in [7, 11) is -4.01. The minimum atomic E-state index is -4.01. The van der Waals surface area contributed by atoms with Crippen LogP contribution in [0, 0.1) is 11.6 Å². The topological polar surface area (TPSA) is 58.6 Å². The molecule has 1 fully saturated rings. The van der Waals surface area contributed by atoms with E-state index in [1.54, 1.807) is 0 Å². The zero-order valence-corrected chi connectivity index (χ0v) is 16.1. The zero-order chi connectivity index (χ0) is 18.6. The van der Waals surface area contributed by atoms with Crippen LogP contribution in [0.1, 0.15) is 11.6 Å². The molecule has 9 heteroatoms. The summed E-state index contributed by atoms with van der Waals surface area (Å²) in [6, 6.07) is 11.2. The van der Waals surface area contributed by atoms with E-state index in [1.165, 1.54) is 0 Å². The fraction of sp³-hybridized carbons (Fsp3) is 0.333. The molecule has 1 unspecified atom stereocenters. The maximum Gasteiger partial charge on any atom is 0.241 e. The van der Waals surface area contributed by atoms with Gasteiger partial charge in [0.1, 0.15) is 0 Å². The SMILES string of the molecule is Cl.O=S(=O)(NC(CN1CCOCC1)c1ccccc1)c1ccc(F)c(F)c1. The number of hydrogen-bond acceptors (Lipinski definition) is 4. The van der Waals surface area contributed by atoms with Gasteiger partial charge in [-0.1, -0.05) is 30.3 Å². The lowest BCUT2D eigenvalue weighted by Gasteiger charge is -2.31. The lowest BCUT2D eigenvalue weighted by atomic mass is 10.1. The van der Waals surface area contributed by atoms with Crippen molar-refractivity contribution in [1.82, 2.24) is 9.62 Å². The Bertz CT molecular complexity index is 847. The quantitative estimate of drug-likeness (QED) is 0.783. The number of halogens is 3. The third kappa shape index (κ3) is 5.70. The largest absolute Gasteiger partial charge is 0.379 e. The average Bonchev–Trinajstić information content (AvgIpc) is 2.65. The normalized spacial score (nSPS) is 16.5. The van der Waals surface area contributed by atoms with Crippen LogP contribution in [-0.2, 0) is 14.8 Å². The fourth-order valence-electron chi connectivity index (χ4n) is 2.84. The number of sulfonamides is 1. The number of nitrogens with zero attached hydrogens (tertiary/aromatic N) is 1. The van der Waals surface area contributed by atoms with Gasteiger partial charge in [0.05, 0.1) is 24.2 Å². The number of rotatable bonds is 6. The first-order chi connectivity index (χ1) is 12.5. The van der Waals surface area contributed by atoms with E-state index in [0.717, 1.165) is 17.7 Å². The van der Waals surface area contributed by atoms with Crippen LogP contribution >= 0.6 is 12.4 Å². The molecule has 1 aliphatic heterocycles. The van der Waals surface area contributed by atoms with Crippen LogP contribution in [0.2, 0.25) is 0 Å². The Morgan fingerprint density at radius 1 is 1.04 bits per heavy atom. The van der Waals surface area contributed by atoms with E-state index in [9.17, 15) is 17.2 Å². The van der Waals surface area contributed by atoms with Crippen molar-refractivity contribution < 1.29 is 21.9 Å². The van der Waals surface area contributed by atoms with Crippen LogP contribution in [-0.4, -0.2) is 46.2 Å². The summed E-state index contributed by atoms with van der Waals surface area (Å²) in [5.74, 6) is -2.28. The van der Waals surface area contributed by atoms with E-state index in [2.05, 4.69) is 9.62 Å². The predicted molar refractivity (Wildman–Crippen MR) is 100 cm³/mol. The van der Waals surface area contributed by atoms with Gasteiger partial charge in [0.2, 0.25) is 10.0 Å². The molecule has 1 heterocycles. The van der Waals surface area contributed by atoms with E-state index >= 15 is 0 Å². The number of benzene rings is 2. The molecular weight excluding hydrogens is 398 g/mol. The molecule has 2 aromatic rings. The molecule has 1 aliphatic rings. The van der Waals surface area contributed by atoms with Crippen molar-refractivity contribution in [3.63, 3.8) is 0 Å². The smallest absolute Gasteiger partial charge is 0.241 e. The summed E-state index contributed by atoms with van der Waals surface area (Å²) >= 11 is 0. The molecule has 0 aliphatic carbocycles. The van der Waals surface area contributed by atoms with Crippen LogP contribution in [0.4, 0.5) is 8.78 Å². The molecule has 0 bridgehead atoms. The molecule has 3 rings (SSSR count). The standard InChI is InChI=1S/C18H20F2N2O3S.ClH/c19-16-7-6-15(12-17(16)20)26(23,24)21-18(14-4-2-1-3-5-14)13-22-8-10-25-11-9-22;/h1-7,12,18,21H,8-11,13H2;1H. The molecule has 1 atom stereocenters. The van der Waals surface area contributed by atoms with Gasteiger partial charge >= 0.3 is 0 Å². The summed E-state index contributed by atoms with van der Waals surface area (Å²) in [6.45, 7) is 3.05. The lowest BCUT2D eigenvalue weighted by Crippen LogP contribution is -2.43. The first-order valence-corrected chi connectivity index (χ1v) is 9.76. The van der Waals surface area contributed by atoms with Crippen molar-refractivity contribution in [2.45, 2.75) is 10.9 Å². The van der Waals surface area contributed by atoms with Gasteiger partial charge in [0, 0.05) is 19.6 Å². The van der Waals surface area contributed by atoms with Crippen LogP contribution in [0.3, 0.4) is 0 Å². The van der Waals surface area contributed by atoms with Crippen molar-refractivity contribution in [1.29, 1.82) is 0 Å². The summed E-state index contributed by atoms with van der Waals surface area (Å²) in [4.78, 5) is 1.80. The molecule has 2 aromatic carbocycles. The number of ether oxygens (including phenoxy) is 1. The average molecular weight is 419 g/mol. The van der Waals surface area contributed by atoms with Gasteiger partial charge in [-0.2, -0.15) is 0 Å². The van der Waals surface area contributed by atoms with Crippen molar-refractivity contribution in [2.75, 3.05) is 32.8 Å². The highest BCUT2D eigenvalue weighted by Gasteiger charge is 2.25. The Hall–Kier alpha value is -1.58. The van der Waals surface area contributed by atoms with E-state index in [1.807, 2.05) is 30.3 Å². The molecule has 0 saturated carbocycles. The zero-order valence-electron chi connectivity index (χ0n) is 14.5. The molecule has 0 spiro atoms. The van der Waals surface area contributed by atoms with Gasteiger partial charge in [0.25, 0.3) is 0 Å². The van der Waals surface area contributed by atoms with Gasteiger partial charge in [-0.15, -0.1) is 12.4 Å². The number of hydrogen-bond donors (Lipinski definition) is 1. The molecule has 5 nitrogen and oxygen atoms in total. The highest BCUT2D eigenvalue weighted by molar-refractivity contribution is 7.89. The minimum absolute atomic E-state index is 0. The highest BCUT2D eigenvalue weighted by atomic mass is 35.5. The van der Waals surface area contributed by atoms with Crippen molar-refractivity contribution in [3.8, 4) is 0 Å². The molecule has 0 radical (unpaired) electrons. The highest BCUT2D eigenvalue weighted by Crippen LogP contribution is 2.20. The van der Waals surface area contributed by atoms with E-state index in [-0.39, 0.29) is 17.3 Å². The Balaban J connectivity index is 0.00000261. The second-order valence-electron chi connectivity index (χ2n) is 6.07. The van der Waals surface area contributed by atoms with Gasteiger partial charge in [-0.05, 0) is 23.8 Å². The van der Waals surface area contributed by atoms with Gasteiger partial charge in [-0.3, -0.25) is 4.90 Å². The molecule has 0 amide bonds. The number of nitrogens with one attached hydrogen (secondary N) is 1. The summed E-state index contributed by atoms with van der Waals surface area (Å²) in [6.07, 6.45) is 0. The monoisotopic (exact) mass is 418 g/mol. The minimum Gasteiger partial charge on any atom is -0.379 e. The van der Waals surface area contributed by atoms with Crippen molar-refractivity contribution in [3.05, 3.63) is 65.7 Å². The molecule has 0 aromatic heterocycles.